The van der Waals surface area contributed by atoms with Crippen LogP contribution in [0.25, 0.3) is 0 Å². The maximum absolute atomic E-state index is 12.0. The monoisotopic (exact) mass is 282 g/mol. The topological polar surface area (TPSA) is 41.1 Å². The molecule has 0 aliphatic carbocycles. The van der Waals surface area contributed by atoms with E-state index in [9.17, 15) is 4.79 Å². The highest BCUT2D eigenvalue weighted by Gasteiger charge is 2.19. The number of benzene rings is 1. The van der Waals surface area contributed by atoms with E-state index in [1.54, 1.807) is 0 Å². The summed E-state index contributed by atoms with van der Waals surface area (Å²) in [6.45, 7) is 3.74. The fourth-order valence-corrected chi connectivity index (χ4v) is 2.46. The van der Waals surface area contributed by atoms with Crippen molar-refractivity contribution in [3.63, 3.8) is 0 Å². The van der Waals surface area contributed by atoms with Crippen LogP contribution in [0.15, 0.2) is 24.3 Å². The zero-order valence-corrected chi connectivity index (χ0v) is 12.3. The van der Waals surface area contributed by atoms with Gasteiger partial charge in [-0.25, -0.2) is 0 Å². The molecule has 0 spiro atoms. The fraction of sp³-hybridized carbons (Fsp3) is 0.533. The van der Waals surface area contributed by atoms with Crippen molar-refractivity contribution in [2.75, 3.05) is 6.54 Å². The highest BCUT2D eigenvalue weighted by molar-refractivity contribution is 5.85. The van der Waals surface area contributed by atoms with Crippen molar-refractivity contribution in [2.24, 2.45) is 0 Å². The first kappa shape index (κ1) is 16.0. The second-order valence-electron chi connectivity index (χ2n) is 4.84. The van der Waals surface area contributed by atoms with Crippen LogP contribution in [-0.2, 0) is 17.8 Å². The minimum absolute atomic E-state index is 0. The predicted molar refractivity (Wildman–Crippen MR) is 80.6 cm³/mol. The molecule has 1 amide bonds. The molecule has 2 N–H and O–H groups in total. The molecule has 1 aromatic rings. The predicted octanol–water partition coefficient (Wildman–Crippen LogP) is 2.43. The minimum Gasteiger partial charge on any atom is -0.351 e. The average molecular weight is 283 g/mol. The van der Waals surface area contributed by atoms with E-state index < -0.39 is 0 Å². The van der Waals surface area contributed by atoms with Crippen LogP contribution in [0.5, 0.6) is 0 Å². The molecule has 1 aromatic carbocycles. The molecule has 1 aliphatic heterocycles. The lowest BCUT2D eigenvalue weighted by atomic mass is 10.0. The first-order valence-electron chi connectivity index (χ1n) is 6.89. The van der Waals surface area contributed by atoms with Gasteiger partial charge in [0.05, 0.1) is 6.04 Å². The van der Waals surface area contributed by atoms with Crippen LogP contribution in [0.4, 0.5) is 0 Å². The third-order valence-electron chi connectivity index (χ3n) is 3.58. The molecule has 1 saturated heterocycles. The second-order valence-corrected chi connectivity index (χ2v) is 4.84. The Balaban J connectivity index is 0.00000180. The van der Waals surface area contributed by atoms with Gasteiger partial charge >= 0.3 is 0 Å². The van der Waals surface area contributed by atoms with Crippen LogP contribution in [0.3, 0.4) is 0 Å². The third kappa shape index (κ3) is 4.51. The fourth-order valence-electron chi connectivity index (χ4n) is 2.46. The Labute approximate surface area is 121 Å². The van der Waals surface area contributed by atoms with E-state index in [1.165, 1.54) is 17.5 Å². The molecule has 0 bridgehead atoms. The molecule has 1 unspecified atom stereocenters. The number of carbonyl (C=O) groups is 1. The Morgan fingerprint density at radius 3 is 2.68 bits per heavy atom. The molecule has 4 heteroatoms. The number of aryl methyl sites for hydroxylation is 1. The molecule has 1 heterocycles. The third-order valence-corrected chi connectivity index (χ3v) is 3.58. The summed E-state index contributed by atoms with van der Waals surface area (Å²) in [7, 11) is 0. The summed E-state index contributed by atoms with van der Waals surface area (Å²) in [5.74, 6) is 0.139. The first-order valence-corrected chi connectivity index (χ1v) is 6.89. The Hall–Kier alpha value is -1.06. The summed E-state index contributed by atoms with van der Waals surface area (Å²) >= 11 is 0. The van der Waals surface area contributed by atoms with Crippen LogP contribution in [0.1, 0.15) is 37.3 Å². The van der Waals surface area contributed by atoms with Gasteiger partial charge in [0, 0.05) is 6.54 Å². The van der Waals surface area contributed by atoms with Crippen LogP contribution in [0.2, 0.25) is 0 Å². The normalized spacial score (nSPS) is 18.5. The molecular formula is C15H23ClN2O. The molecule has 0 radical (unpaired) electrons. The van der Waals surface area contributed by atoms with E-state index in [4.69, 9.17) is 0 Å². The van der Waals surface area contributed by atoms with E-state index in [1.807, 2.05) is 12.1 Å². The number of nitrogens with one attached hydrogen (secondary N) is 2. The summed E-state index contributed by atoms with van der Waals surface area (Å²) < 4.78 is 0. The number of hydrogen-bond donors (Lipinski definition) is 2. The van der Waals surface area contributed by atoms with Crippen LogP contribution >= 0.6 is 12.4 Å². The summed E-state index contributed by atoms with van der Waals surface area (Å²) in [4.78, 5) is 12.0. The molecule has 1 fully saturated rings. The van der Waals surface area contributed by atoms with Crippen molar-refractivity contribution < 1.29 is 4.79 Å². The summed E-state index contributed by atoms with van der Waals surface area (Å²) in [5.41, 5.74) is 2.54. The van der Waals surface area contributed by atoms with E-state index in [-0.39, 0.29) is 24.4 Å². The highest BCUT2D eigenvalue weighted by atomic mass is 35.5. The van der Waals surface area contributed by atoms with E-state index in [2.05, 4.69) is 29.7 Å². The Morgan fingerprint density at radius 2 is 2.05 bits per heavy atom. The number of piperidine rings is 1. The molecule has 19 heavy (non-hydrogen) atoms. The molecular weight excluding hydrogens is 260 g/mol. The molecule has 0 saturated carbocycles. The van der Waals surface area contributed by atoms with Crippen molar-refractivity contribution in [2.45, 2.75) is 45.2 Å². The largest absolute Gasteiger partial charge is 0.351 e. The minimum atomic E-state index is 0. The van der Waals surface area contributed by atoms with Gasteiger partial charge < -0.3 is 10.6 Å². The van der Waals surface area contributed by atoms with Gasteiger partial charge in [0.25, 0.3) is 0 Å². The lowest BCUT2D eigenvalue weighted by Gasteiger charge is -2.22. The van der Waals surface area contributed by atoms with Gasteiger partial charge in [0.1, 0.15) is 0 Å². The zero-order chi connectivity index (χ0) is 12.8. The van der Waals surface area contributed by atoms with Gasteiger partial charge in [-0.2, -0.15) is 0 Å². The summed E-state index contributed by atoms with van der Waals surface area (Å²) in [6, 6.07) is 8.30. The number of amides is 1. The molecule has 1 aliphatic rings. The number of carbonyl (C=O) groups excluding carboxylic acids is 1. The van der Waals surface area contributed by atoms with Crippen molar-refractivity contribution in [3.05, 3.63) is 35.4 Å². The van der Waals surface area contributed by atoms with Crippen molar-refractivity contribution >= 4 is 18.3 Å². The maximum Gasteiger partial charge on any atom is 0.237 e. The number of hydrogen-bond acceptors (Lipinski definition) is 2. The van der Waals surface area contributed by atoms with Gasteiger partial charge in [0.15, 0.2) is 0 Å². The molecule has 0 aromatic heterocycles. The van der Waals surface area contributed by atoms with E-state index in [0.29, 0.717) is 6.54 Å². The zero-order valence-electron chi connectivity index (χ0n) is 11.4. The van der Waals surface area contributed by atoms with Crippen LogP contribution < -0.4 is 10.6 Å². The maximum atomic E-state index is 12.0. The van der Waals surface area contributed by atoms with Crippen molar-refractivity contribution in [3.8, 4) is 0 Å². The Kier molecular flexibility index (Phi) is 6.89. The van der Waals surface area contributed by atoms with Gasteiger partial charge in [-0.3, -0.25) is 4.79 Å². The van der Waals surface area contributed by atoms with Crippen molar-refractivity contribution in [1.82, 2.24) is 10.6 Å². The van der Waals surface area contributed by atoms with E-state index >= 15 is 0 Å². The van der Waals surface area contributed by atoms with Gasteiger partial charge in [-0.1, -0.05) is 37.6 Å². The molecule has 106 valence electrons. The average Bonchev–Trinajstić information content (AvgIpc) is 2.46. The summed E-state index contributed by atoms with van der Waals surface area (Å²) in [5, 5.41) is 6.31. The van der Waals surface area contributed by atoms with Gasteiger partial charge in [-0.15, -0.1) is 12.4 Å². The quantitative estimate of drug-likeness (QED) is 0.891. The van der Waals surface area contributed by atoms with Crippen LogP contribution in [0, 0.1) is 0 Å². The summed E-state index contributed by atoms with van der Waals surface area (Å²) in [6.07, 6.45) is 4.30. The lowest BCUT2D eigenvalue weighted by Crippen LogP contribution is -2.46. The van der Waals surface area contributed by atoms with Crippen LogP contribution in [-0.4, -0.2) is 18.5 Å². The lowest BCUT2D eigenvalue weighted by molar-refractivity contribution is -0.123. The smallest absolute Gasteiger partial charge is 0.237 e. The Morgan fingerprint density at radius 1 is 1.32 bits per heavy atom. The number of halogens is 1. The van der Waals surface area contributed by atoms with Crippen molar-refractivity contribution in [1.29, 1.82) is 0 Å². The SMILES string of the molecule is CCc1ccccc1CNC(=O)C1CCCCN1.Cl. The van der Waals surface area contributed by atoms with E-state index in [0.717, 1.165) is 25.8 Å². The molecule has 3 nitrogen and oxygen atoms in total. The van der Waals surface area contributed by atoms with Gasteiger partial charge in [0.2, 0.25) is 5.91 Å². The molecule has 2 rings (SSSR count). The number of rotatable bonds is 4. The molecule has 1 atom stereocenters. The standard InChI is InChI=1S/C15H22N2O.ClH/c1-2-12-7-3-4-8-13(12)11-17-15(18)14-9-5-6-10-16-14;/h3-4,7-8,14,16H,2,5-6,9-11H2,1H3,(H,17,18);1H. The van der Waals surface area contributed by atoms with Gasteiger partial charge in [-0.05, 0) is 36.9 Å². The highest BCUT2D eigenvalue weighted by Crippen LogP contribution is 2.10. The second kappa shape index (κ2) is 8.18. The Bertz CT molecular complexity index is 403. The first-order chi connectivity index (χ1) is 8.81.